The van der Waals surface area contributed by atoms with Crippen molar-refractivity contribution in [3.8, 4) is 0 Å². The van der Waals surface area contributed by atoms with E-state index in [0.29, 0.717) is 11.8 Å². The van der Waals surface area contributed by atoms with Gasteiger partial charge in [-0.1, -0.05) is 60.7 Å². The van der Waals surface area contributed by atoms with Gasteiger partial charge in [-0.15, -0.1) is 94.1 Å². The number of fused-ring (bicyclic) bond motifs is 6. The molecule has 0 fully saturated rings. The largest absolute Gasteiger partial charge is 4.00 e. The summed E-state index contributed by atoms with van der Waals surface area (Å²) in [4.78, 5) is 0. The molecule has 2 atom stereocenters. The van der Waals surface area contributed by atoms with E-state index < -0.39 is 0 Å². The molecule has 170 valence electrons. The van der Waals surface area contributed by atoms with E-state index in [4.69, 9.17) is 0 Å². The van der Waals surface area contributed by atoms with E-state index in [9.17, 15) is 0 Å². The fourth-order valence-electron chi connectivity index (χ4n) is 4.28. The molecule has 4 aliphatic carbocycles. The molecule has 0 aliphatic heterocycles. The van der Waals surface area contributed by atoms with Gasteiger partial charge in [0, 0.05) is 9.52 Å². The van der Waals surface area contributed by atoms with Crippen LogP contribution in [0.2, 0.25) is 13.1 Å². The average molecular weight is 579 g/mol. The molecule has 0 heterocycles. The van der Waals surface area contributed by atoms with Crippen molar-refractivity contribution < 1.29 is 51.0 Å². The molecule has 2 aromatic rings. The molecule has 0 saturated carbocycles. The number of hydrogen-bond acceptors (Lipinski definition) is 0. The summed E-state index contributed by atoms with van der Waals surface area (Å²) >= 11 is 0. The number of halogens is 2. The maximum atomic E-state index is 3.46. The summed E-state index contributed by atoms with van der Waals surface area (Å²) in [5, 5.41) is 0. The first-order valence-corrected chi connectivity index (χ1v) is 12.9. The van der Waals surface area contributed by atoms with Gasteiger partial charge in [-0.05, 0) is 25.7 Å². The van der Waals surface area contributed by atoms with Crippen molar-refractivity contribution in [3.63, 3.8) is 0 Å². The quantitative estimate of drug-likeness (QED) is 0.328. The smallest absolute Gasteiger partial charge is 1.00 e. The summed E-state index contributed by atoms with van der Waals surface area (Å²) in [7, 11) is 1.08. The van der Waals surface area contributed by atoms with Crippen molar-refractivity contribution in [1.29, 1.82) is 0 Å². The molecule has 0 saturated heterocycles. The fourth-order valence-corrected chi connectivity index (χ4v) is 4.28. The van der Waals surface area contributed by atoms with Crippen LogP contribution < -0.4 is 24.8 Å². The molecule has 0 amide bonds. The molecular formula is C30H28Cl2SiZr. The Morgan fingerprint density at radius 3 is 1.41 bits per heavy atom. The van der Waals surface area contributed by atoms with Crippen molar-refractivity contribution in [1.82, 2.24) is 0 Å². The van der Waals surface area contributed by atoms with Crippen LogP contribution in [-0.2, 0) is 26.2 Å². The van der Waals surface area contributed by atoms with Gasteiger partial charge in [0.2, 0.25) is 0 Å². The van der Waals surface area contributed by atoms with Gasteiger partial charge in [0.05, 0.1) is 0 Å². The molecule has 6 rings (SSSR count). The van der Waals surface area contributed by atoms with Crippen LogP contribution >= 0.6 is 0 Å². The summed E-state index contributed by atoms with van der Waals surface area (Å²) in [6, 6.07) is 13.2. The van der Waals surface area contributed by atoms with Crippen molar-refractivity contribution in [2.45, 2.75) is 38.8 Å². The summed E-state index contributed by atoms with van der Waals surface area (Å²) in [5.74, 6) is 0.909. The Kier molecular flexibility index (Phi) is 12.8. The zero-order valence-corrected chi connectivity index (χ0v) is 25.0. The zero-order chi connectivity index (χ0) is 21.8. The van der Waals surface area contributed by atoms with Crippen LogP contribution in [0.25, 0.3) is 0 Å². The van der Waals surface area contributed by atoms with Crippen LogP contribution in [0.5, 0.6) is 0 Å². The van der Waals surface area contributed by atoms with E-state index in [1.165, 1.54) is 44.5 Å². The van der Waals surface area contributed by atoms with Gasteiger partial charge in [-0.2, -0.15) is 0 Å². The van der Waals surface area contributed by atoms with Crippen LogP contribution in [0.15, 0.2) is 96.2 Å². The molecule has 0 spiro atoms. The minimum absolute atomic E-state index is 0. The van der Waals surface area contributed by atoms with E-state index >= 15 is 0 Å². The van der Waals surface area contributed by atoms with Crippen LogP contribution in [0, 0.1) is 26.0 Å². The SMILES string of the molecule is C[Si]C.Cc1ccc2c(c1)[C-]=C1C=CC=CC12.Cc1ccc2c(c1)[C-]=C1C=CC=CC12.[Cl-].[Cl-].[Zr+4]. The minimum atomic E-state index is 0. The maximum absolute atomic E-state index is 3.46. The van der Waals surface area contributed by atoms with Crippen LogP contribution in [0.4, 0.5) is 0 Å². The average Bonchev–Trinajstić information content (AvgIpc) is 3.31. The Morgan fingerprint density at radius 1 is 0.647 bits per heavy atom. The molecule has 2 unspecified atom stereocenters. The Bertz CT molecular complexity index is 1080. The Balaban J connectivity index is 0.000000283. The summed E-state index contributed by atoms with van der Waals surface area (Å²) < 4.78 is 0. The number of benzene rings is 2. The Labute approximate surface area is 239 Å². The first-order valence-electron chi connectivity index (χ1n) is 10.9. The zero-order valence-electron chi connectivity index (χ0n) is 20.0. The van der Waals surface area contributed by atoms with Crippen LogP contribution in [0.1, 0.15) is 45.2 Å². The van der Waals surface area contributed by atoms with E-state index in [1.54, 1.807) is 0 Å². The Hall–Kier alpha value is -1.44. The second-order valence-corrected chi connectivity index (χ2v) is 9.29. The minimum Gasteiger partial charge on any atom is -1.00 e. The van der Waals surface area contributed by atoms with E-state index in [1.807, 2.05) is 0 Å². The van der Waals surface area contributed by atoms with E-state index in [-0.39, 0.29) is 51.0 Å². The molecule has 2 aromatic carbocycles. The second kappa shape index (κ2) is 14.2. The van der Waals surface area contributed by atoms with Crippen LogP contribution in [0.3, 0.4) is 0 Å². The van der Waals surface area contributed by atoms with Gasteiger partial charge >= 0.3 is 26.2 Å². The monoisotopic (exact) mass is 576 g/mol. The van der Waals surface area contributed by atoms with Gasteiger partial charge in [0.15, 0.2) is 0 Å². The molecule has 2 radical (unpaired) electrons. The first kappa shape index (κ1) is 30.6. The standard InChI is InChI=1S/2C14H11.C2H6Si.2ClH.Zr/c2*1-10-6-7-14-12(8-10)9-11-4-2-3-5-13(11)14;1-3-2;;;/h2*2-8,13H,1H3;1-2H3;2*1H;/q2*-1;;;;+4/p-2. The fraction of sp³-hybridized carbons (Fsp3) is 0.200. The van der Waals surface area contributed by atoms with Crippen molar-refractivity contribution in [2.24, 2.45) is 0 Å². The van der Waals surface area contributed by atoms with Gasteiger partial charge in [-0.3, -0.25) is 0 Å². The molecule has 0 N–H and O–H groups in total. The molecule has 34 heavy (non-hydrogen) atoms. The van der Waals surface area contributed by atoms with Gasteiger partial charge < -0.3 is 24.8 Å². The third kappa shape index (κ3) is 6.82. The number of aryl methyl sites for hydroxylation is 2. The predicted octanol–water partition coefficient (Wildman–Crippen LogP) is 1.38. The summed E-state index contributed by atoms with van der Waals surface area (Å²) in [5.41, 5.74) is 10.5. The van der Waals surface area contributed by atoms with E-state index in [0.717, 1.165) is 9.52 Å². The van der Waals surface area contributed by atoms with Crippen molar-refractivity contribution in [2.75, 3.05) is 0 Å². The maximum Gasteiger partial charge on any atom is 4.00 e. The van der Waals surface area contributed by atoms with Gasteiger partial charge in [0.25, 0.3) is 0 Å². The first-order chi connectivity index (χ1) is 15.1. The second-order valence-electron chi connectivity index (χ2n) is 8.29. The van der Waals surface area contributed by atoms with Crippen LogP contribution in [-0.4, -0.2) is 9.52 Å². The predicted molar refractivity (Wildman–Crippen MR) is 134 cm³/mol. The number of allylic oxidation sites excluding steroid dienone is 10. The molecular weight excluding hydrogens is 551 g/mol. The molecule has 0 nitrogen and oxygen atoms in total. The third-order valence-corrected chi connectivity index (χ3v) is 5.70. The van der Waals surface area contributed by atoms with Gasteiger partial charge in [0.1, 0.15) is 0 Å². The number of rotatable bonds is 0. The third-order valence-electron chi connectivity index (χ3n) is 5.70. The molecule has 4 aliphatic rings. The van der Waals surface area contributed by atoms with E-state index in [2.05, 4.69) is 124 Å². The molecule has 0 bridgehead atoms. The summed E-state index contributed by atoms with van der Waals surface area (Å²) in [6.45, 7) is 8.56. The Morgan fingerprint density at radius 2 is 1.03 bits per heavy atom. The normalized spacial score (nSPS) is 18.5. The topological polar surface area (TPSA) is 0 Å². The molecule has 0 aromatic heterocycles. The molecule has 4 heteroatoms. The summed E-state index contributed by atoms with van der Waals surface area (Å²) in [6.07, 6.45) is 24.1. The number of hydrogen-bond donors (Lipinski definition) is 0. The van der Waals surface area contributed by atoms with Gasteiger partial charge in [-0.25, -0.2) is 0 Å². The van der Waals surface area contributed by atoms with Crippen molar-refractivity contribution in [3.05, 3.63) is 142 Å². The van der Waals surface area contributed by atoms with Crippen molar-refractivity contribution >= 4 is 9.52 Å².